The van der Waals surface area contributed by atoms with Crippen molar-refractivity contribution >= 4 is 53.5 Å². The molecule has 12 heterocycles. The summed E-state index contributed by atoms with van der Waals surface area (Å²) in [6, 6.07) is 0. The normalized spacial score (nSPS) is 37.0. The molecule has 0 spiro atoms. The Bertz CT molecular complexity index is 2390. The maximum absolute atomic E-state index is 11.2. The van der Waals surface area contributed by atoms with E-state index >= 15 is 0 Å². The highest BCUT2D eigenvalue weighted by atomic mass is 16.6. The summed E-state index contributed by atoms with van der Waals surface area (Å²) in [6.07, 6.45) is 35.2. The maximum Gasteiger partial charge on any atom is 0.312 e. The Labute approximate surface area is 616 Å². The molecule has 10 saturated carbocycles. The largest absolute Gasteiger partial charge is 0.466 e. The van der Waals surface area contributed by atoms with E-state index in [1.165, 1.54) is 77.0 Å². The summed E-state index contributed by atoms with van der Waals surface area (Å²) in [7, 11) is 0. The van der Waals surface area contributed by atoms with Crippen molar-refractivity contribution in [3.63, 3.8) is 0 Å². The van der Waals surface area contributed by atoms with Crippen molar-refractivity contribution in [1.29, 1.82) is 0 Å². The molecule has 12 saturated heterocycles. The fourth-order valence-corrected chi connectivity index (χ4v) is 18.3. The second-order valence-electron chi connectivity index (χ2n) is 28.6. The van der Waals surface area contributed by atoms with Gasteiger partial charge in [-0.15, -0.1) is 0 Å². The number of hydrogen-bond acceptors (Lipinski definition) is 19. The van der Waals surface area contributed by atoms with E-state index in [1.54, 1.807) is 0 Å². The van der Waals surface area contributed by atoms with Crippen LogP contribution < -0.4 is 0 Å². The van der Waals surface area contributed by atoms with Gasteiger partial charge in [0.05, 0.1) is 74.1 Å². The lowest BCUT2D eigenvalue weighted by atomic mass is 9.65. The van der Waals surface area contributed by atoms with Crippen molar-refractivity contribution in [3.05, 3.63) is 0 Å². The predicted molar refractivity (Wildman–Crippen MR) is 395 cm³/mol. The standard InChI is InChI=1S/2C9H12O2.C8H10O2.2C8H12O2.C7H8O3.C7H10O2.C5H8O2.C4H6O2.C3H8.7C2H6.CH4/c10-9-8-6-2-1-5(3-6)7(8)4-11-9;10-9-7-3-5-1-2-6(7)8(4-5)11-9;9-8-6-2-4-1-5(6)7(3-4)10-8;9-8-5-10-7-3-1-2-6(8)4-7;9-8-7-4-2-1-3-6(7)5-10-8;8-7-4-1-3-2-5(10-7)6(4)9-3;8-7-5-1-3-6(9-7)4-2-5;6-5-3-1-2-4-7-5;5-4-2-1-3-6-4;1-3-2;7*1-2;/h2*5-8H,1-4H2;4-7H,1-3H2;2*6-7H,1-5H2;3-6H,1-2H2;5-6H,1-4H2;1-4H2;1-3H2;3H2,1-2H3;7*1-2H3;1H4. The second kappa shape index (κ2) is 49.3. The number of ether oxygens (including phenoxy) is 10. The van der Waals surface area contributed by atoms with Gasteiger partial charge in [-0.25, -0.2) is 0 Å². The number of ketones is 1. The van der Waals surface area contributed by atoms with E-state index in [4.69, 9.17) is 37.9 Å². The van der Waals surface area contributed by atoms with Crippen LogP contribution in [0.25, 0.3) is 0 Å². The topological polar surface area (TPSA) is 246 Å². The van der Waals surface area contributed by atoms with Crippen LogP contribution in [0.15, 0.2) is 0 Å². The van der Waals surface area contributed by atoms with Crippen LogP contribution in [0, 0.1) is 88.8 Å². The van der Waals surface area contributed by atoms with Crippen LogP contribution in [0.4, 0.5) is 0 Å². The first-order valence-electron chi connectivity index (χ1n) is 41.5. The minimum atomic E-state index is -0.0463. The summed E-state index contributed by atoms with van der Waals surface area (Å²) in [6.45, 7) is 35.3. The predicted octanol–water partition coefficient (Wildman–Crippen LogP) is 17.5. The highest BCUT2D eigenvalue weighted by Gasteiger charge is 2.59. The molecule has 12 aliphatic heterocycles. The molecule has 19 nitrogen and oxygen atoms in total. The van der Waals surface area contributed by atoms with E-state index in [1.807, 2.05) is 96.9 Å². The van der Waals surface area contributed by atoms with Crippen LogP contribution in [0.5, 0.6) is 0 Å². The molecule has 0 aromatic rings. The lowest BCUT2D eigenvalue weighted by molar-refractivity contribution is -0.168. The smallest absolute Gasteiger partial charge is 0.312 e. The fraction of sp³-hybridized carbons (Fsp3) is 0.892. The van der Waals surface area contributed by atoms with E-state index in [9.17, 15) is 43.2 Å². The van der Waals surface area contributed by atoms with Gasteiger partial charge in [-0.1, -0.05) is 144 Å². The minimum Gasteiger partial charge on any atom is -0.466 e. The number of carbonyl (C=O) groups excluding carboxylic acids is 9. The Morgan fingerprint density at radius 3 is 1.37 bits per heavy atom. The number of rotatable bonds is 0. The maximum atomic E-state index is 11.2. The molecule has 20 atom stereocenters. The zero-order chi connectivity index (χ0) is 74.7. The van der Waals surface area contributed by atoms with Crippen molar-refractivity contribution in [3.8, 4) is 0 Å². The molecule has 22 aliphatic rings. The molecule has 0 amide bonds. The Balaban J connectivity index is 0.000000291. The third kappa shape index (κ3) is 25.5. The van der Waals surface area contributed by atoms with Crippen molar-refractivity contribution < 1.29 is 90.5 Å². The van der Waals surface area contributed by atoms with Gasteiger partial charge in [-0.2, -0.15) is 0 Å². The zero-order valence-corrected chi connectivity index (χ0v) is 65.7. The van der Waals surface area contributed by atoms with Gasteiger partial charge in [0.2, 0.25) is 0 Å². The summed E-state index contributed by atoms with van der Waals surface area (Å²) in [5, 5.41) is 0. The molecule has 19 heteroatoms. The van der Waals surface area contributed by atoms with Gasteiger partial charge in [0, 0.05) is 48.9 Å². The fourth-order valence-electron chi connectivity index (χ4n) is 18.3. The Hall–Kier alpha value is -4.65. The third-order valence-electron chi connectivity index (χ3n) is 22.7. The third-order valence-corrected chi connectivity index (χ3v) is 22.7. The Morgan fingerprint density at radius 1 is 0.343 bits per heavy atom. The molecule has 590 valence electrons. The zero-order valence-electron chi connectivity index (χ0n) is 65.7. The van der Waals surface area contributed by atoms with Gasteiger partial charge >= 0.3 is 47.8 Å². The lowest BCUT2D eigenvalue weighted by Gasteiger charge is -2.38. The summed E-state index contributed by atoms with van der Waals surface area (Å²) in [5.41, 5.74) is 0. The van der Waals surface area contributed by atoms with Gasteiger partial charge in [0.15, 0.2) is 5.78 Å². The second-order valence-corrected chi connectivity index (χ2v) is 28.6. The lowest BCUT2D eigenvalue weighted by Crippen LogP contribution is -2.37. The first kappa shape index (κ1) is 91.6. The number of fused-ring (bicyclic) bond motifs is 14. The summed E-state index contributed by atoms with van der Waals surface area (Å²) >= 11 is 0. The number of carbonyl (C=O) groups is 9. The SMILES string of the molecule is C.CC.CC.CC.CC.CC.CC.CC.CCC.O=C1CCCCO1.O=C1CCCO1.O=C1COC2CCCC1C2.O=C1OC2CC3CC1C2C3.O=C1OC2CC3CC1C2O3.O=C1OC2CC3CCC2C1C3.O=C1OC2CCC1CC2.O=C1OCC2C3CCC(C3)C12.O=C1OCC2CCCCC12. The number of Topliss-reactive ketones (excluding diaryl/α,β-unsaturated/α-hetero) is 1. The van der Waals surface area contributed by atoms with Crippen molar-refractivity contribution in [2.24, 2.45) is 88.8 Å². The Morgan fingerprint density at radius 2 is 0.912 bits per heavy atom. The van der Waals surface area contributed by atoms with Crippen LogP contribution in [-0.4, -0.2) is 129 Å². The first-order chi connectivity index (χ1) is 49.2. The molecule has 102 heavy (non-hydrogen) atoms. The van der Waals surface area contributed by atoms with Crippen molar-refractivity contribution in [2.75, 3.05) is 33.0 Å². The molecule has 20 unspecified atom stereocenters. The monoisotopic (exact) mass is 1450 g/mol. The van der Waals surface area contributed by atoms with E-state index in [-0.39, 0.29) is 91.2 Å². The highest BCUT2D eigenvalue weighted by Crippen LogP contribution is 2.56. The summed E-state index contributed by atoms with van der Waals surface area (Å²) in [5.74, 6) is 8.08. The molecule has 0 N–H and O–H groups in total. The van der Waals surface area contributed by atoms with Crippen LogP contribution in [-0.2, 0) is 90.5 Å². The molecular formula is C83H144O19. The molecular weight excluding hydrogens is 1300 g/mol. The van der Waals surface area contributed by atoms with E-state index in [0.717, 1.165) is 127 Å². The van der Waals surface area contributed by atoms with Crippen molar-refractivity contribution in [2.45, 2.75) is 354 Å². The van der Waals surface area contributed by atoms with Gasteiger partial charge in [0.25, 0.3) is 0 Å². The Kier molecular flexibility index (Phi) is 44.2. The van der Waals surface area contributed by atoms with Gasteiger partial charge in [-0.05, 0) is 171 Å². The highest BCUT2D eigenvalue weighted by molar-refractivity contribution is 5.83. The molecule has 10 aliphatic carbocycles. The van der Waals surface area contributed by atoms with Crippen molar-refractivity contribution in [1.82, 2.24) is 0 Å². The van der Waals surface area contributed by atoms with Crippen LogP contribution >= 0.6 is 0 Å². The molecule has 22 fully saturated rings. The van der Waals surface area contributed by atoms with E-state index in [2.05, 4.69) is 23.3 Å². The van der Waals surface area contributed by atoms with Crippen LogP contribution in [0.3, 0.4) is 0 Å². The van der Waals surface area contributed by atoms with Gasteiger partial charge < -0.3 is 47.4 Å². The average molecular weight is 1450 g/mol. The quantitative estimate of drug-likeness (QED) is 0.162. The van der Waals surface area contributed by atoms with Gasteiger partial charge in [-0.3, -0.25) is 43.2 Å². The molecule has 22 rings (SSSR count). The van der Waals surface area contributed by atoms with Crippen LogP contribution in [0.2, 0.25) is 0 Å². The van der Waals surface area contributed by atoms with E-state index < -0.39 is 0 Å². The first-order valence-corrected chi connectivity index (χ1v) is 41.5. The molecule has 0 aromatic carbocycles. The molecule has 14 bridgehead atoms. The van der Waals surface area contributed by atoms with E-state index in [0.29, 0.717) is 123 Å². The number of hydrogen-bond donors (Lipinski definition) is 0. The van der Waals surface area contributed by atoms with Crippen LogP contribution in [0.1, 0.15) is 311 Å². The summed E-state index contributed by atoms with van der Waals surface area (Å²) < 4.78 is 50.6. The number of esters is 8. The minimum absolute atomic E-state index is 0. The summed E-state index contributed by atoms with van der Waals surface area (Å²) in [4.78, 5) is 97.7. The van der Waals surface area contributed by atoms with Gasteiger partial charge in [0.1, 0.15) is 37.1 Å². The average Bonchev–Trinajstić information content (AvgIpc) is 1.62. The molecule has 0 aromatic heterocycles. The number of cyclic esters (lactones) is 4. The molecule has 0 radical (unpaired) electrons.